The Labute approximate surface area is 203 Å². The lowest BCUT2D eigenvalue weighted by Gasteiger charge is -2.23. The number of hydrogen-bond donors (Lipinski definition) is 2. The third-order valence-electron chi connectivity index (χ3n) is 7.18. The molecule has 8 heteroatoms. The maximum absolute atomic E-state index is 12.5. The summed E-state index contributed by atoms with van der Waals surface area (Å²) in [6.45, 7) is 4.05. The standard InChI is InChI=1S/C27H28N4O4/c1-16-15-30(2)26(34)27(16,35)12-11-17-5-3-7-20(13-17)31-21-8-4-6-19(14-22(32)18-9-10-18)23(21)24(29-31)25(28)33/h3,5,7,13,18-19,35H,1,4,6,8-10,14-15H2,2H3,(H2,28,33)/t19-,27-/m0/s1. The van der Waals surface area contributed by atoms with Gasteiger partial charge in [0.05, 0.1) is 5.69 Å². The molecule has 2 aliphatic carbocycles. The van der Waals surface area contributed by atoms with Crippen molar-refractivity contribution in [2.45, 2.75) is 50.0 Å². The van der Waals surface area contributed by atoms with E-state index in [0.717, 1.165) is 43.4 Å². The van der Waals surface area contributed by atoms with E-state index in [1.165, 1.54) is 4.90 Å². The van der Waals surface area contributed by atoms with Gasteiger partial charge in [-0.1, -0.05) is 18.6 Å². The van der Waals surface area contributed by atoms with Crippen LogP contribution in [0.3, 0.4) is 0 Å². The van der Waals surface area contributed by atoms with Crippen LogP contribution in [-0.2, 0) is 16.0 Å². The Hall–Kier alpha value is -3.70. The zero-order valence-corrected chi connectivity index (χ0v) is 19.7. The summed E-state index contributed by atoms with van der Waals surface area (Å²) in [5.41, 5.74) is 7.30. The van der Waals surface area contributed by atoms with Crippen LogP contribution in [0.15, 0.2) is 36.4 Å². The zero-order chi connectivity index (χ0) is 24.9. The summed E-state index contributed by atoms with van der Waals surface area (Å²) in [4.78, 5) is 38.6. The fourth-order valence-corrected chi connectivity index (χ4v) is 5.13. The van der Waals surface area contributed by atoms with Gasteiger partial charge in [0.2, 0.25) is 5.60 Å². The van der Waals surface area contributed by atoms with Gasteiger partial charge in [-0.3, -0.25) is 14.4 Å². The minimum atomic E-state index is -1.91. The van der Waals surface area contributed by atoms with Crippen LogP contribution in [0.4, 0.5) is 0 Å². The van der Waals surface area contributed by atoms with Crippen LogP contribution in [0.25, 0.3) is 5.69 Å². The molecule has 5 rings (SSSR count). The SMILES string of the molecule is C=C1CN(C)C(=O)[C@]1(O)C#Cc1cccc(-n2nc(C(N)=O)c3c2CCC[C@H]3CC(=O)C2CC2)c1. The van der Waals surface area contributed by atoms with E-state index in [1.807, 2.05) is 6.07 Å². The Balaban J connectivity index is 1.51. The van der Waals surface area contributed by atoms with Crippen molar-refractivity contribution in [1.29, 1.82) is 0 Å². The van der Waals surface area contributed by atoms with Gasteiger partial charge in [0.25, 0.3) is 11.8 Å². The van der Waals surface area contributed by atoms with Crippen LogP contribution in [0.5, 0.6) is 0 Å². The molecule has 0 unspecified atom stereocenters. The Bertz CT molecular complexity index is 1330. The largest absolute Gasteiger partial charge is 0.366 e. The topological polar surface area (TPSA) is 119 Å². The molecule has 1 saturated heterocycles. The van der Waals surface area contributed by atoms with E-state index < -0.39 is 17.4 Å². The molecule has 8 nitrogen and oxygen atoms in total. The zero-order valence-electron chi connectivity index (χ0n) is 19.7. The number of aliphatic hydroxyl groups is 1. The van der Waals surface area contributed by atoms with Crippen molar-refractivity contribution >= 4 is 17.6 Å². The minimum absolute atomic E-state index is 0.0586. The molecule has 2 fully saturated rings. The number of nitrogens with zero attached hydrogens (tertiary/aromatic N) is 3. The van der Waals surface area contributed by atoms with Crippen LogP contribution in [-0.4, -0.2) is 56.6 Å². The molecule has 1 aromatic heterocycles. The smallest absolute Gasteiger partial charge is 0.271 e. The first-order valence-corrected chi connectivity index (χ1v) is 11.9. The van der Waals surface area contributed by atoms with Crippen LogP contribution in [0, 0.1) is 17.8 Å². The number of carbonyl (C=O) groups excluding carboxylic acids is 3. The fourth-order valence-electron chi connectivity index (χ4n) is 5.13. The third-order valence-corrected chi connectivity index (χ3v) is 7.18. The van der Waals surface area contributed by atoms with Gasteiger partial charge in [-0.15, -0.1) is 0 Å². The molecule has 1 aromatic carbocycles. The summed E-state index contributed by atoms with van der Waals surface area (Å²) in [6, 6.07) is 7.22. The van der Waals surface area contributed by atoms with Crippen molar-refractivity contribution in [2.24, 2.45) is 11.7 Å². The minimum Gasteiger partial charge on any atom is -0.366 e. The second kappa shape index (κ2) is 8.51. The lowest BCUT2D eigenvalue weighted by Crippen LogP contribution is -2.37. The number of likely N-dealkylation sites (N-methyl/N-ethyl adjacent to an activating group) is 1. The van der Waals surface area contributed by atoms with Gasteiger partial charge in [-0.05, 0) is 67.7 Å². The lowest BCUT2D eigenvalue weighted by molar-refractivity contribution is -0.136. The number of likely N-dealkylation sites (tertiary alicyclic amines) is 1. The monoisotopic (exact) mass is 472 g/mol. The molecule has 1 saturated carbocycles. The highest BCUT2D eigenvalue weighted by atomic mass is 16.3. The van der Waals surface area contributed by atoms with Crippen molar-refractivity contribution in [3.05, 3.63) is 58.9 Å². The van der Waals surface area contributed by atoms with E-state index >= 15 is 0 Å². The molecule has 2 atom stereocenters. The van der Waals surface area contributed by atoms with Gasteiger partial charge >= 0.3 is 0 Å². The van der Waals surface area contributed by atoms with Gasteiger partial charge in [0.15, 0.2) is 5.69 Å². The highest BCUT2D eigenvalue weighted by molar-refractivity contribution is 5.95. The van der Waals surface area contributed by atoms with E-state index in [2.05, 4.69) is 23.5 Å². The molecule has 2 amide bonds. The van der Waals surface area contributed by atoms with Gasteiger partial charge in [-0.25, -0.2) is 4.68 Å². The quantitative estimate of drug-likeness (QED) is 0.509. The summed E-state index contributed by atoms with van der Waals surface area (Å²) >= 11 is 0. The van der Waals surface area contributed by atoms with Crippen molar-refractivity contribution in [3.8, 4) is 17.5 Å². The van der Waals surface area contributed by atoms with E-state index in [-0.39, 0.29) is 29.9 Å². The summed E-state index contributed by atoms with van der Waals surface area (Å²) in [5.74, 6) is 4.85. The number of primary amides is 1. The first-order chi connectivity index (χ1) is 16.7. The van der Waals surface area contributed by atoms with Crippen LogP contribution in [0.1, 0.15) is 65.3 Å². The average molecular weight is 473 g/mol. The van der Waals surface area contributed by atoms with Crippen LogP contribution < -0.4 is 5.73 Å². The van der Waals surface area contributed by atoms with Gasteiger partial charge in [0, 0.05) is 42.8 Å². The molecule has 0 radical (unpaired) electrons. The Morgan fingerprint density at radius 1 is 1.31 bits per heavy atom. The number of rotatable bonds is 5. The fraction of sp³-hybridized carbons (Fsp3) is 0.407. The van der Waals surface area contributed by atoms with E-state index in [4.69, 9.17) is 5.73 Å². The maximum Gasteiger partial charge on any atom is 0.271 e. The summed E-state index contributed by atoms with van der Waals surface area (Å²) in [5, 5.41) is 15.3. The first-order valence-electron chi connectivity index (χ1n) is 11.9. The molecular weight excluding hydrogens is 444 g/mol. The molecule has 3 N–H and O–H groups in total. The van der Waals surface area contributed by atoms with Gasteiger partial charge in [-0.2, -0.15) is 5.10 Å². The molecule has 1 aliphatic heterocycles. The highest BCUT2D eigenvalue weighted by Crippen LogP contribution is 2.40. The number of amides is 2. The Morgan fingerprint density at radius 2 is 2.09 bits per heavy atom. The summed E-state index contributed by atoms with van der Waals surface area (Å²) in [6.07, 6.45) is 4.77. The Kier molecular flexibility index (Phi) is 5.60. The Morgan fingerprint density at radius 3 is 2.74 bits per heavy atom. The molecule has 0 bridgehead atoms. The number of benzene rings is 1. The lowest BCUT2D eigenvalue weighted by atomic mass is 9.81. The number of Topliss-reactive ketones (excluding diaryl/α,β-unsaturated/α-hetero) is 1. The van der Waals surface area contributed by atoms with Crippen molar-refractivity contribution in [1.82, 2.24) is 14.7 Å². The second-order valence-corrected chi connectivity index (χ2v) is 9.79. The van der Waals surface area contributed by atoms with E-state index in [9.17, 15) is 19.5 Å². The molecule has 0 spiro atoms. The number of hydrogen-bond acceptors (Lipinski definition) is 5. The van der Waals surface area contributed by atoms with Crippen molar-refractivity contribution in [2.75, 3.05) is 13.6 Å². The number of ketones is 1. The molecule has 2 aromatic rings. The van der Waals surface area contributed by atoms with Crippen molar-refractivity contribution < 1.29 is 19.5 Å². The summed E-state index contributed by atoms with van der Waals surface area (Å²) < 4.78 is 1.72. The van der Waals surface area contributed by atoms with Crippen LogP contribution >= 0.6 is 0 Å². The normalized spacial score (nSPS) is 23.6. The third kappa shape index (κ3) is 4.06. The number of aromatic nitrogens is 2. The predicted molar refractivity (Wildman–Crippen MR) is 129 cm³/mol. The molecule has 2 heterocycles. The number of nitrogens with two attached hydrogens (primary N) is 1. The molecule has 180 valence electrons. The average Bonchev–Trinajstić information content (AvgIpc) is 3.58. The number of carbonyl (C=O) groups is 3. The van der Waals surface area contributed by atoms with E-state index in [1.54, 1.807) is 29.9 Å². The number of fused-ring (bicyclic) bond motifs is 1. The first kappa shape index (κ1) is 23.1. The second-order valence-electron chi connectivity index (χ2n) is 9.79. The van der Waals surface area contributed by atoms with E-state index in [0.29, 0.717) is 23.2 Å². The molecule has 3 aliphatic rings. The van der Waals surface area contributed by atoms with Crippen molar-refractivity contribution in [3.63, 3.8) is 0 Å². The molecule has 35 heavy (non-hydrogen) atoms. The predicted octanol–water partition coefficient (Wildman–Crippen LogP) is 1.87. The molecular formula is C27H28N4O4. The van der Waals surface area contributed by atoms with Gasteiger partial charge in [0.1, 0.15) is 5.78 Å². The van der Waals surface area contributed by atoms with Crippen LogP contribution in [0.2, 0.25) is 0 Å². The van der Waals surface area contributed by atoms with Gasteiger partial charge < -0.3 is 15.7 Å². The summed E-state index contributed by atoms with van der Waals surface area (Å²) in [7, 11) is 1.59. The maximum atomic E-state index is 12.5. The highest BCUT2D eigenvalue weighted by Gasteiger charge is 2.46.